The Morgan fingerprint density at radius 2 is 1.90 bits per heavy atom. The maximum atomic E-state index is 15.6. The van der Waals surface area contributed by atoms with E-state index in [-0.39, 0.29) is 29.2 Å². The van der Waals surface area contributed by atoms with Crippen LogP contribution in [0.25, 0.3) is 21.3 Å². The van der Waals surface area contributed by atoms with Gasteiger partial charge in [-0.3, -0.25) is 9.80 Å². The maximum absolute atomic E-state index is 15.6. The molecule has 0 radical (unpaired) electrons. The Morgan fingerprint density at radius 1 is 1.12 bits per heavy atom. The predicted octanol–water partition coefficient (Wildman–Crippen LogP) is 5.35. The number of anilines is 1. The van der Waals surface area contributed by atoms with E-state index < -0.39 is 17.2 Å². The summed E-state index contributed by atoms with van der Waals surface area (Å²) in [6.45, 7) is 7.89. The largest absolute Gasteiger partial charge is 0.444 e. The molecule has 42 heavy (non-hydrogen) atoms. The zero-order valence-electron chi connectivity index (χ0n) is 23.7. The molecule has 2 fully saturated rings. The fraction of sp³-hybridized carbons (Fsp3) is 0.467. The Kier molecular flexibility index (Phi) is 6.36. The predicted molar refractivity (Wildman–Crippen MR) is 156 cm³/mol. The summed E-state index contributed by atoms with van der Waals surface area (Å²) in [7, 11) is 0. The van der Waals surface area contributed by atoms with Gasteiger partial charge in [0.1, 0.15) is 34.7 Å². The molecule has 1 aliphatic carbocycles. The maximum Gasteiger partial charge on any atom is 0.411 e. The monoisotopic (exact) mass is 591 g/mol. The molecule has 0 spiro atoms. The normalized spacial score (nSPS) is 19.3. The molecular formula is C30H31F2N7O2S. The Labute approximate surface area is 245 Å². The number of hydrogen-bond acceptors (Lipinski definition) is 8. The van der Waals surface area contributed by atoms with Crippen molar-refractivity contribution in [2.45, 2.75) is 77.2 Å². The Balaban J connectivity index is 1.28. The molecule has 7 rings (SSSR count). The molecule has 2 N–H and O–H groups in total. The van der Waals surface area contributed by atoms with Crippen LogP contribution in [0.2, 0.25) is 0 Å². The fourth-order valence-corrected chi connectivity index (χ4v) is 7.12. The quantitative estimate of drug-likeness (QED) is 0.314. The lowest BCUT2D eigenvalue weighted by Crippen LogP contribution is -2.50. The van der Waals surface area contributed by atoms with Crippen LogP contribution in [0.15, 0.2) is 12.4 Å². The van der Waals surface area contributed by atoms with Crippen LogP contribution in [0.3, 0.4) is 0 Å². The number of nitrogens with zero attached hydrogens (tertiary/aromatic N) is 6. The highest BCUT2D eigenvalue weighted by molar-refractivity contribution is 7.18. The number of fused-ring (bicyclic) bond motifs is 4. The SMILES string of the molecule is CC(C)(C)OC(=O)N1CCCC1N1CCn2c(c(C#Cc3c(F)cc4sc(C5CC5)nc4c3F)c3c(N)ncnc32)C1. The lowest BCUT2D eigenvalue weighted by molar-refractivity contribution is -0.00453. The van der Waals surface area contributed by atoms with Crippen molar-refractivity contribution in [3.05, 3.63) is 45.9 Å². The molecule has 9 nitrogen and oxygen atoms in total. The van der Waals surface area contributed by atoms with Gasteiger partial charge in [-0.15, -0.1) is 11.3 Å². The molecule has 218 valence electrons. The van der Waals surface area contributed by atoms with Crippen molar-refractivity contribution in [2.24, 2.45) is 0 Å². The van der Waals surface area contributed by atoms with Crippen molar-refractivity contribution >= 4 is 44.5 Å². The van der Waals surface area contributed by atoms with Crippen LogP contribution >= 0.6 is 11.3 Å². The number of amides is 1. The van der Waals surface area contributed by atoms with Gasteiger partial charge in [-0.1, -0.05) is 11.8 Å². The second kappa shape index (κ2) is 9.88. The topological polar surface area (TPSA) is 102 Å². The molecule has 0 bridgehead atoms. The van der Waals surface area contributed by atoms with E-state index in [1.54, 1.807) is 4.90 Å². The summed E-state index contributed by atoms with van der Waals surface area (Å²) in [5.74, 6) is 4.95. The molecule has 2 aliphatic heterocycles. The summed E-state index contributed by atoms with van der Waals surface area (Å²) in [6.07, 6.45) is 4.67. The van der Waals surface area contributed by atoms with Gasteiger partial charge in [-0.2, -0.15) is 0 Å². The van der Waals surface area contributed by atoms with Gasteiger partial charge in [0.2, 0.25) is 0 Å². The number of nitrogens with two attached hydrogens (primary N) is 1. The van der Waals surface area contributed by atoms with Crippen molar-refractivity contribution in [1.29, 1.82) is 0 Å². The molecule has 4 aromatic rings. The molecule has 1 atom stereocenters. The molecule has 12 heteroatoms. The van der Waals surface area contributed by atoms with Gasteiger partial charge in [0.15, 0.2) is 5.82 Å². The Morgan fingerprint density at radius 3 is 2.67 bits per heavy atom. The number of rotatable bonds is 2. The molecule has 1 saturated heterocycles. The molecular weight excluding hydrogens is 560 g/mol. The first-order valence-corrected chi connectivity index (χ1v) is 15.1. The van der Waals surface area contributed by atoms with E-state index in [1.807, 2.05) is 25.3 Å². The summed E-state index contributed by atoms with van der Waals surface area (Å²) in [6, 6.07) is 1.32. The lowest BCUT2D eigenvalue weighted by Gasteiger charge is -2.38. The Bertz CT molecular complexity index is 1810. The van der Waals surface area contributed by atoms with Gasteiger partial charge in [0.25, 0.3) is 0 Å². The number of aromatic nitrogens is 4. The Hall–Kier alpha value is -3.82. The summed E-state index contributed by atoms with van der Waals surface area (Å²) in [4.78, 5) is 30.1. The van der Waals surface area contributed by atoms with E-state index in [0.717, 1.165) is 36.4 Å². The summed E-state index contributed by atoms with van der Waals surface area (Å²) >= 11 is 1.34. The molecule has 1 amide bonds. The first kappa shape index (κ1) is 27.0. The van der Waals surface area contributed by atoms with Crippen LogP contribution in [0.5, 0.6) is 0 Å². The van der Waals surface area contributed by atoms with Crippen LogP contribution in [-0.4, -0.2) is 60.3 Å². The van der Waals surface area contributed by atoms with Gasteiger partial charge in [0.05, 0.1) is 38.1 Å². The average Bonchev–Trinajstić information content (AvgIpc) is 3.36. The zero-order valence-corrected chi connectivity index (χ0v) is 24.5. The van der Waals surface area contributed by atoms with Crippen LogP contribution < -0.4 is 5.73 Å². The van der Waals surface area contributed by atoms with Crippen molar-refractivity contribution in [2.75, 3.05) is 18.8 Å². The molecule has 3 aliphatic rings. The number of ether oxygens (including phenoxy) is 1. The number of halogens is 2. The first-order valence-electron chi connectivity index (χ1n) is 14.2. The summed E-state index contributed by atoms with van der Waals surface area (Å²) in [5, 5.41) is 1.40. The third-order valence-corrected chi connectivity index (χ3v) is 9.21. The molecule has 3 aromatic heterocycles. The molecule has 1 aromatic carbocycles. The minimum absolute atomic E-state index is 0.140. The van der Waals surface area contributed by atoms with E-state index in [0.29, 0.717) is 53.4 Å². The van der Waals surface area contributed by atoms with E-state index in [4.69, 9.17) is 10.5 Å². The molecule has 1 saturated carbocycles. The summed E-state index contributed by atoms with van der Waals surface area (Å²) < 4.78 is 39.0. The van der Waals surface area contributed by atoms with E-state index in [1.165, 1.54) is 23.7 Å². The van der Waals surface area contributed by atoms with Gasteiger partial charge >= 0.3 is 6.09 Å². The van der Waals surface area contributed by atoms with Crippen molar-refractivity contribution in [3.63, 3.8) is 0 Å². The minimum Gasteiger partial charge on any atom is -0.444 e. The highest BCUT2D eigenvalue weighted by atomic mass is 32.1. The van der Waals surface area contributed by atoms with Gasteiger partial charge in [-0.05, 0) is 52.5 Å². The number of nitrogen functional groups attached to an aromatic ring is 1. The van der Waals surface area contributed by atoms with Crippen molar-refractivity contribution in [1.82, 2.24) is 29.3 Å². The number of thiazole rings is 1. The third-order valence-electron chi connectivity index (χ3n) is 8.04. The van der Waals surface area contributed by atoms with Gasteiger partial charge in [-0.25, -0.2) is 28.5 Å². The molecule has 5 heterocycles. The van der Waals surface area contributed by atoms with Crippen molar-refractivity contribution < 1.29 is 18.3 Å². The van der Waals surface area contributed by atoms with Crippen LogP contribution in [0, 0.1) is 23.5 Å². The zero-order chi connectivity index (χ0) is 29.3. The van der Waals surface area contributed by atoms with Crippen LogP contribution in [-0.2, 0) is 17.8 Å². The molecule has 1 unspecified atom stereocenters. The van der Waals surface area contributed by atoms with Gasteiger partial charge in [0, 0.05) is 32.1 Å². The third kappa shape index (κ3) is 4.65. The smallest absolute Gasteiger partial charge is 0.411 e. The fourth-order valence-electron chi connectivity index (χ4n) is 5.96. The van der Waals surface area contributed by atoms with Crippen LogP contribution in [0.1, 0.15) is 74.2 Å². The van der Waals surface area contributed by atoms with Gasteiger partial charge < -0.3 is 15.0 Å². The minimum atomic E-state index is -0.747. The number of benzene rings is 1. The number of likely N-dealkylation sites (tertiary alicyclic amines) is 1. The highest BCUT2D eigenvalue weighted by Gasteiger charge is 2.38. The summed E-state index contributed by atoms with van der Waals surface area (Å²) in [5.41, 5.74) is 7.54. The second-order valence-electron chi connectivity index (χ2n) is 12.2. The van der Waals surface area contributed by atoms with Crippen LogP contribution in [0.4, 0.5) is 19.4 Å². The first-order chi connectivity index (χ1) is 20.1. The van der Waals surface area contributed by atoms with E-state index >= 15 is 8.78 Å². The highest BCUT2D eigenvalue weighted by Crippen LogP contribution is 2.44. The van der Waals surface area contributed by atoms with Crippen molar-refractivity contribution in [3.8, 4) is 11.8 Å². The average molecular weight is 592 g/mol. The lowest BCUT2D eigenvalue weighted by atomic mass is 10.1. The number of carbonyl (C=O) groups excluding carboxylic acids is 1. The number of hydrogen-bond donors (Lipinski definition) is 1. The second-order valence-corrected chi connectivity index (χ2v) is 13.2. The standard InChI is InChI=1S/C30H31F2N7O2S/c1-30(2,3)41-29(40)39-10-4-5-22(39)37-11-12-38-20(14-37)18(23-26(33)34-15-35-27(23)38)9-8-17-19(31)13-21-25(24(17)32)36-28(42-21)16-6-7-16/h13,15-16,22H,4-7,10-12,14H2,1-3H3,(H2,33,34,35). The van der Waals surface area contributed by atoms with E-state index in [2.05, 4.69) is 31.7 Å². The van der Waals surface area contributed by atoms with E-state index in [9.17, 15) is 4.79 Å². The number of carbonyl (C=O) groups is 1.